The Morgan fingerprint density at radius 3 is 2.57 bits per heavy atom. The summed E-state index contributed by atoms with van der Waals surface area (Å²) in [6.45, 7) is 4.05. The fourth-order valence-corrected chi connectivity index (χ4v) is 0.796. The summed E-state index contributed by atoms with van der Waals surface area (Å²) < 4.78 is 4.72. The third kappa shape index (κ3) is 5.20. The van der Waals surface area contributed by atoms with Gasteiger partial charge in [0.1, 0.15) is 0 Å². The number of rotatable bonds is 4. The third-order valence-electron chi connectivity index (χ3n) is 1.54. The maximum atomic E-state index is 11.1. The minimum absolute atomic E-state index is 0.210. The summed E-state index contributed by atoms with van der Waals surface area (Å²) in [5.74, 6) is 4.31. The lowest BCUT2D eigenvalue weighted by atomic mass is 10.4. The van der Waals surface area contributed by atoms with Gasteiger partial charge >= 0.3 is 5.97 Å². The molecule has 0 bridgehead atoms. The summed E-state index contributed by atoms with van der Waals surface area (Å²) >= 11 is 0. The zero-order chi connectivity index (χ0) is 11.0. The highest BCUT2D eigenvalue weighted by atomic mass is 16.5. The lowest BCUT2D eigenvalue weighted by Crippen LogP contribution is -2.28. The summed E-state index contributed by atoms with van der Waals surface area (Å²) in [4.78, 5) is 23.4. The Labute approximate surface area is 84.2 Å². The van der Waals surface area contributed by atoms with Crippen molar-refractivity contribution in [3.05, 3.63) is 0 Å². The van der Waals surface area contributed by atoms with E-state index < -0.39 is 0 Å². The van der Waals surface area contributed by atoms with Crippen LogP contribution in [0.2, 0.25) is 0 Å². The smallest absolute Gasteiger partial charge is 0.307 e. The molecule has 0 aromatic rings. The Balaban J connectivity index is 3.82. The standard InChI is InChI=1S/C10H15NO3/c1-4-6-9(12)11(3)8-7-10(13)14-5-2/h5,7-8H2,1-3H3. The Morgan fingerprint density at radius 1 is 1.43 bits per heavy atom. The number of esters is 1. The zero-order valence-corrected chi connectivity index (χ0v) is 8.79. The lowest BCUT2D eigenvalue weighted by Gasteiger charge is -2.12. The molecule has 0 spiro atoms. The van der Waals surface area contributed by atoms with E-state index in [1.807, 2.05) is 0 Å². The molecule has 4 nitrogen and oxygen atoms in total. The molecule has 0 radical (unpaired) electrons. The summed E-state index contributed by atoms with van der Waals surface area (Å²) in [6.07, 6.45) is 0.210. The molecular formula is C10H15NO3. The number of amides is 1. The Morgan fingerprint density at radius 2 is 2.07 bits per heavy atom. The molecule has 0 aliphatic carbocycles. The molecule has 0 unspecified atom stereocenters. The normalized spacial score (nSPS) is 8.50. The molecule has 0 rings (SSSR count). The van der Waals surface area contributed by atoms with Crippen molar-refractivity contribution in [1.29, 1.82) is 0 Å². The largest absolute Gasteiger partial charge is 0.466 e. The highest BCUT2D eigenvalue weighted by Gasteiger charge is 2.08. The Hall–Kier alpha value is -1.50. The van der Waals surface area contributed by atoms with Crippen molar-refractivity contribution in [1.82, 2.24) is 4.90 Å². The van der Waals surface area contributed by atoms with E-state index in [0.717, 1.165) is 0 Å². The number of nitrogens with zero attached hydrogens (tertiary/aromatic N) is 1. The summed E-state index contributed by atoms with van der Waals surface area (Å²) in [7, 11) is 1.60. The van der Waals surface area contributed by atoms with Crippen LogP contribution in [-0.4, -0.2) is 37.0 Å². The number of carbonyl (C=O) groups excluding carboxylic acids is 2. The van der Waals surface area contributed by atoms with E-state index >= 15 is 0 Å². The molecule has 0 N–H and O–H groups in total. The number of hydrogen-bond donors (Lipinski definition) is 0. The molecule has 0 aliphatic rings. The second-order valence-corrected chi connectivity index (χ2v) is 2.66. The molecule has 0 aromatic heterocycles. The molecule has 1 amide bonds. The van der Waals surface area contributed by atoms with Crippen LogP contribution in [0.3, 0.4) is 0 Å². The second-order valence-electron chi connectivity index (χ2n) is 2.66. The molecule has 0 aliphatic heterocycles. The zero-order valence-electron chi connectivity index (χ0n) is 8.79. The van der Waals surface area contributed by atoms with Crippen molar-refractivity contribution >= 4 is 11.9 Å². The fraction of sp³-hybridized carbons (Fsp3) is 0.600. The van der Waals surface area contributed by atoms with Crippen molar-refractivity contribution in [2.45, 2.75) is 20.3 Å². The number of hydrogen-bond acceptors (Lipinski definition) is 3. The van der Waals surface area contributed by atoms with E-state index in [4.69, 9.17) is 4.74 Å². The van der Waals surface area contributed by atoms with Crippen molar-refractivity contribution in [3.8, 4) is 11.8 Å². The van der Waals surface area contributed by atoms with Crippen molar-refractivity contribution < 1.29 is 14.3 Å². The summed E-state index contributed by atoms with van der Waals surface area (Å²) in [5, 5.41) is 0. The first-order valence-electron chi connectivity index (χ1n) is 4.45. The van der Waals surface area contributed by atoms with Gasteiger partial charge in [-0.1, -0.05) is 5.92 Å². The van der Waals surface area contributed by atoms with Crippen LogP contribution in [0.4, 0.5) is 0 Å². The van der Waals surface area contributed by atoms with E-state index in [-0.39, 0.29) is 18.3 Å². The van der Waals surface area contributed by atoms with Crippen LogP contribution in [0.15, 0.2) is 0 Å². The van der Waals surface area contributed by atoms with Crippen LogP contribution >= 0.6 is 0 Å². The molecule has 4 heteroatoms. The van der Waals surface area contributed by atoms with E-state index in [9.17, 15) is 9.59 Å². The van der Waals surface area contributed by atoms with Gasteiger partial charge < -0.3 is 9.64 Å². The molecule has 78 valence electrons. The second kappa shape index (κ2) is 6.96. The van der Waals surface area contributed by atoms with E-state index in [0.29, 0.717) is 13.2 Å². The number of ether oxygens (including phenoxy) is 1. The van der Waals surface area contributed by atoms with E-state index in [2.05, 4.69) is 11.8 Å². The van der Waals surface area contributed by atoms with Gasteiger partial charge in [-0.25, -0.2) is 0 Å². The van der Waals surface area contributed by atoms with Crippen LogP contribution in [0.1, 0.15) is 20.3 Å². The molecule has 0 atom stereocenters. The van der Waals surface area contributed by atoms with Crippen LogP contribution in [0, 0.1) is 11.8 Å². The highest BCUT2D eigenvalue weighted by molar-refractivity contribution is 5.93. The topological polar surface area (TPSA) is 46.6 Å². The number of carbonyl (C=O) groups is 2. The maximum Gasteiger partial charge on any atom is 0.307 e. The molecular weight excluding hydrogens is 182 g/mol. The first-order valence-corrected chi connectivity index (χ1v) is 4.45. The minimum atomic E-state index is -0.295. The Bertz CT molecular complexity index is 262. The molecule has 0 fully saturated rings. The van der Waals surface area contributed by atoms with E-state index in [1.165, 1.54) is 4.90 Å². The van der Waals surface area contributed by atoms with Gasteiger partial charge in [0.25, 0.3) is 5.91 Å². The molecule has 14 heavy (non-hydrogen) atoms. The van der Waals surface area contributed by atoms with Crippen LogP contribution < -0.4 is 0 Å². The van der Waals surface area contributed by atoms with Crippen molar-refractivity contribution in [3.63, 3.8) is 0 Å². The highest BCUT2D eigenvalue weighted by Crippen LogP contribution is 1.91. The Kier molecular flexibility index (Phi) is 6.21. The molecule has 0 saturated heterocycles. The quantitative estimate of drug-likeness (QED) is 0.484. The first-order chi connectivity index (χ1) is 6.61. The predicted molar refractivity (Wildman–Crippen MR) is 52.3 cm³/mol. The SMILES string of the molecule is CC#CC(=O)N(C)CCC(=O)OCC. The van der Waals surface area contributed by atoms with Gasteiger partial charge in [0, 0.05) is 13.6 Å². The van der Waals surface area contributed by atoms with Gasteiger partial charge in [0.15, 0.2) is 0 Å². The lowest BCUT2D eigenvalue weighted by molar-refractivity contribution is -0.143. The van der Waals surface area contributed by atoms with Crippen LogP contribution in [-0.2, 0) is 14.3 Å². The van der Waals surface area contributed by atoms with Gasteiger partial charge in [-0.2, -0.15) is 0 Å². The van der Waals surface area contributed by atoms with Gasteiger partial charge in [0.05, 0.1) is 13.0 Å². The van der Waals surface area contributed by atoms with E-state index in [1.54, 1.807) is 20.9 Å². The van der Waals surface area contributed by atoms with Crippen LogP contribution in [0.5, 0.6) is 0 Å². The minimum Gasteiger partial charge on any atom is -0.466 e. The predicted octanol–water partition coefficient (Wildman–Crippen LogP) is 0.421. The van der Waals surface area contributed by atoms with Gasteiger partial charge in [-0.3, -0.25) is 9.59 Å². The van der Waals surface area contributed by atoms with Crippen molar-refractivity contribution in [2.24, 2.45) is 0 Å². The molecule has 0 aromatic carbocycles. The van der Waals surface area contributed by atoms with Gasteiger partial charge in [0.2, 0.25) is 0 Å². The fourth-order valence-electron chi connectivity index (χ4n) is 0.796. The van der Waals surface area contributed by atoms with Gasteiger partial charge in [-0.15, -0.1) is 0 Å². The average molecular weight is 197 g/mol. The third-order valence-corrected chi connectivity index (χ3v) is 1.54. The van der Waals surface area contributed by atoms with Gasteiger partial charge in [-0.05, 0) is 19.8 Å². The summed E-state index contributed by atoms with van der Waals surface area (Å²) in [5.41, 5.74) is 0. The van der Waals surface area contributed by atoms with Crippen LogP contribution in [0.25, 0.3) is 0 Å². The maximum absolute atomic E-state index is 11.1. The summed E-state index contributed by atoms with van der Waals surface area (Å²) in [6, 6.07) is 0. The first kappa shape index (κ1) is 12.5. The molecule has 0 saturated carbocycles. The molecule has 0 heterocycles. The monoisotopic (exact) mass is 197 g/mol. The average Bonchev–Trinajstić information content (AvgIpc) is 2.15. The van der Waals surface area contributed by atoms with Crippen molar-refractivity contribution in [2.75, 3.05) is 20.2 Å².